The molecule has 0 aromatic carbocycles. The normalized spacial score (nSPS) is 33.8. The van der Waals surface area contributed by atoms with E-state index in [0.29, 0.717) is 12.8 Å². The fourth-order valence-electron chi connectivity index (χ4n) is 5.93. The highest BCUT2D eigenvalue weighted by Gasteiger charge is 2.72. The maximum atomic E-state index is 13.1. The molecule has 0 aromatic heterocycles. The number of aliphatic hydroxyl groups is 1. The van der Waals surface area contributed by atoms with E-state index in [1.54, 1.807) is 0 Å². The predicted molar refractivity (Wildman–Crippen MR) is 87.3 cm³/mol. The minimum atomic E-state index is -5.73. The van der Waals surface area contributed by atoms with Crippen molar-refractivity contribution in [3.8, 4) is 0 Å². The number of rotatable bonds is 2. The minimum absolute atomic E-state index is 0.0389. The van der Waals surface area contributed by atoms with Crippen molar-refractivity contribution in [2.75, 3.05) is 0 Å². The Morgan fingerprint density at radius 1 is 0.731 bits per heavy atom. The van der Waals surface area contributed by atoms with Gasteiger partial charge in [0, 0.05) is 0 Å². The molecule has 0 amide bonds. The standard InChI is InChI=1S/C19H30F6O/c1-15(2,3)13-10-7-11(12(8-10)14(13)16(4,5)6)9-17(26,18(20,21)22)19(23,24)25/h10-14,26H,7-9H2,1-6H3/t10-,11?,12?,13?,14?/m0/s1. The Balaban J connectivity index is 2.36. The second kappa shape index (κ2) is 6.02. The third-order valence-electron chi connectivity index (χ3n) is 6.64. The summed E-state index contributed by atoms with van der Waals surface area (Å²) in [5.41, 5.74) is -4.91. The van der Waals surface area contributed by atoms with Crippen LogP contribution in [0.4, 0.5) is 26.3 Å². The molecule has 2 aliphatic carbocycles. The summed E-state index contributed by atoms with van der Waals surface area (Å²) < 4.78 is 78.7. The largest absolute Gasteiger partial charge is 0.426 e. The van der Waals surface area contributed by atoms with E-state index in [9.17, 15) is 31.4 Å². The molecule has 1 nitrogen and oxygen atoms in total. The van der Waals surface area contributed by atoms with Crippen molar-refractivity contribution in [2.24, 2.45) is 40.4 Å². The first-order valence-corrected chi connectivity index (χ1v) is 9.16. The van der Waals surface area contributed by atoms with Crippen molar-refractivity contribution in [1.29, 1.82) is 0 Å². The van der Waals surface area contributed by atoms with Gasteiger partial charge in [-0.05, 0) is 59.7 Å². The molecule has 0 radical (unpaired) electrons. The highest BCUT2D eigenvalue weighted by atomic mass is 19.4. The van der Waals surface area contributed by atoms with Crippen LogP contribution in [0.2, 0.25) is 0 Å². The predicted octanol–water partition coefficient (Wildman–Crippen LogP) is 6.21. The van der Waals surface area contributed by atoms with Crippen LogP contribution in [0.3, 0.4) is 0 Å². The zero-order valence-corrected chi connectivity index (χ0v) is 16.2. The van der Waals surface area contributed by atoms with Gasteiger partial charge in [-0.1, -0.05) is 41.5 Å². The zero-order chi connectivity index (χ0) is 20.5. The van der Waals surface area contributed by atoms with Gasteiger partial charge in [0.25, 0.3) is 5.60 Å². The van der Waals surface area contributed by atoms with Gasteiger partial charge in [0.1, 0.15) is 0 Å². The maximum Gasteiger partial charge on any atom is 0.426 e. The molecule has 0 aliphatic heterocycles. The van der Waals surface area contributed by atoms with Crippen LogP contribution in [0, 0.1) is 40.4 Å². The molecule has 0 saturated heterocycles. The van der Waals surface area contributed by atoms with E-state index in [2.05, 4.69) is 20.8 Å². The third-order valence-corrected chi connectivity index (χ3v) is 6.64. The SMILES string of the molecule is CC(C)(C)C1C2C[C@H](CC2CC(O)(C(F)(F)F)C(F)(F)F)C1C(C)(C)C. The van der Waals surface area contributed by atoms with E-state index in [0.717, 1.165) is 0 Å². The van der Waals surface area contributed by atoms with Gasteiger partial charge >= 0.3 is 12.4 Å². The first-order chi connectivity index (χ1) is 11.3. The van der Waals surface area contributed by atoms with Crippen molar-refractivity contribution in [1.82, 2.24) is 0 Å². The van der Waals surface area contributed by atoms with Crippen molar-refractivity contribution in [2.45, 2.75) is 78.8 Å². The molecule has 26 heavy (non-hydrogen) atoms. The highest BCUT2D eigenvalue weighted by molar-refractivity contribution is 5.09. The van der Waals surface area contributed by atoms with E-state index in [1.807, 2.05) is 20.8 Å². The summed E-state index contributed by atoms with van der Waals surface area (Å²) in [7, 11) is 0. The summed E-state index contributed by atoms with van der Waals surface area (Å²) in [5.74, 6) is -0.581. The van der Waals surface area contributed by atoms with Crippen LogP contribution in [0.1, 0.15) is 60.8 Å². The van der Waals surface area contributed by atoms with Crippen LogP contribution in [-0.4, -0.2) is 23.1 Å². The van der Waals surface area contributed by atoms with Gasteiger partial charge in [-0.2, -0.15) is 26.3 Å². The molecule has 0 heterocycles. The second-order valence-electron chi connectivity index (χ2n) is 10.5. The Labute approximate surface area is 151 Å². The molecule has 5 atom stereocenters. The van der Waals surface area contributed by atoms with Gasteiger partial charge in [0.05, 0.1) is 0 Å². The number of halogens is 6. The molecule has 4 unspecified atom stereocenters. The first-order valence-electron chi connectivity index (χ1n) is 9.16. The van der Waals surface area contributed by atoms with Crippen LogP contribution in [0.5, 0.6) is 0 Å². The molecule has 1 N–H and O–H groups in total. The first kappa shape index (κ1) is 21.8. The molecule has 154 valence electrons. The average molecular weight is 388 g/mol. The van der Waals surface area contributed by atoms with E-state index in [4.69, 9.17) is 0 Å². The summed E-state index contributed by atoms with van der Waals surface area (Å²) in [4.78, 5) is 0. The smallest absolute Gasteiger partial charge is 0.374 e. The lowest BCUT2D eigenvalue weighted by atomic mass is 9.56. The molecule has 0 spiro atoms. The second-order valence-corrected chi connectivity index (χ2v) is 10.5. The topological polar surface area (TPSA) is 20.2 Å². The number of hydrogen-bond donors (Lipinski definition) is 1. The number of fused-ring (bicyclic) bond motifs is 2. The van der Waals surface area contributed by atoms with Crippen LogP contribution in [-0.2, 0) is 0 Å². The zero-order valence-electron chi connectivity index (χ0n) is 16.2. The van der Waals surface area contributed by atoms with Crippen molar-refractivity contribution < 1.29 is 31.4 Å². The van der Waals surface area contributed by atoms with Crippen molar-refractivity contribution in [3.05, 3.63) is 0 Å². The summed E-state index contributed by atoms with van der Waals surface area (Å²) in [6, 6.07) is 0. The van der Waals surface area contributed by atoms with E-state index < -0.39 is 30.3 Å². The Bertz CT molecular complexity index is 508. The van der Waals surface area contributed by atoms with Crippen LogP contribution < -0.4 is 0 Å². The molecule has 2 saturated carbocycles. The average Bonchev–Trinajstić information content (AvgIpc) is 2.91. The van der Waals surface area contributed by atoms with Gasteiger partial charge in [-0.25, -0.2) is 0 Å². The Kier molecular flexibility index (Phi) is 5.05. The van der Waals surface area contributed by atoms with Gasteiger partial charge < -0.3 is 5.11 Å². The Morgan fingerprint density at radius 3 is 1.50 bits per heavy atom. The Morgan fingerprint density at radius 2 is 1.15 bits per heavy atom. The van der Waals surface area contributed by atoms with Crippen molar-refractivity contribution >= 4 is 0 Å². The third kappa shape index (κ3) is 3.49. The lowest BCUT2D eigenvalue weighted by Gasteiger charge is -2.49. The van der Waals surface area contributed by atoms with E-state index in [-0.39, 0.29) is 34.5 Å². The molecule has 0 aromatic rings. The lowest BCUT2D eigenvalue weighted by molar-refractivity contribution is -0.373. The van der Waals surface area contributed by atoms with Crippen LogP contribution in [0.25, 0.3) is 0 Å². The summed E-state index contributed by atoms with van der Waals surface area (Å²) in [5, 5.41) is 9.64. The number of alkyl halides is 6. The van der Waals surface area contributed by atoms with Crippen LogP contribution in [0.15, 0.2) is 0 Å². The Hall–Kier alpha value is -0.460. The van der Waals surface area contributed by atoms with Crippen LogP contribution >= 0.6 is 0 Å². The maximum absolute atomic E-state index is 13.1. The molecule has 2 fully saturated rings. The van der Waals surface area contributed by atoms with Gasteiger partial charge in [-0.3, -0.25) is 0 Å². The van der Waals surface area contributed by atoms with Gasteiger partial charge in [0.15, 0.2) is 0 Å². The van der Waals surface area contributed by atoms with Gasteiger partial charge in [0.2, 0.25) is 0 Å². The quantitative estimate of drug-likeness (QED) is 0.558. The molecule has 7 heteroatoms. The minimum Gasteiger partial charge on any atom is -0.374 e. The summed E-state index contributed by atoms with van der Waals surface area (Å²) in [6.07, 6.45) is -11.8. The fraction of sp³-hybridized carbons (Fsp3) is 1.00. The van der Waals surface area contributed by atoms with E-state index >= 15 is 0 Å². The summed E-state index contributed by atoms with van der Waals surface area (Å²) in [6.45, 7) is 12.3. The monoisotopic (exact) mass is 388 g/mol. The van der Waals surface area contributed by atoms with E-state index in [1.165, 1.54) is 0 Å². The van der Waals surface area contributed by atoms with Gasteiger partial charge in [-0.15, -0.1) is 0 Å². The van der Waals surface area contributed by atoms with Crippen molar-refractivity contribution in [3.63, 3.8) is 0 Å². The lowest BCUT2D eigenvalue weighted by Crippen LogP contribution is -2.58. The molecular weight excluding hydrogens is 358 g/mol. The highest BCUT2D eigenvalue weighted by Crippen LogP contribution is 2.66. The fourth-order valence-corrected chi connectivity index (χ4v) is 5.93. The summed E-state index contributed by atoms with van der Waals surface area (Å²) >= 11 is 0. The number of hydrogen-bond acceptors (Lipinski definition) is 1. The molecule has 2 rings (SSSR count). The molecular formula is C19H30F6O. The molecule has 2 bridgehead atoms. The molecule has 2 aliphatic rings.